The van der Waals surface area contributed by atoms with Crippen molar-refractivity contribution in [2.24, 2.45) is 4.99 Å². The largest absolute Gasteiger partial charge is 0.493 e. The van der Waals surface area contributed by atoms with Gasteiger partial charge >= 0.3 is 0 Å². The molecule has 0 fully saturated rings. The van der Waals surface area contributed by atoms with Gasteiger partial charge in [-0.25, -0.2) is 0 Å². The molecule has 3 aromatic rings. The predicted molar refractivity (Wildman–Crippen MR) is 102 cm³/mol. The maximum absolute atomic E-state index is 5.79. The summed E-state index contributed by atoms with van der Waals surface area (Å²) in [5.74, 6) is 2.47. The lowest BCUT2D eigenvalue weighted by molar-refractivity contribution is 0.317. The van der Waals surface area contributed by atoms with Crippen molar-refractivity contribution in [2.45, 2.75) is 13.3 Å². The summed E-state index contributed by atoms with van der Waals surface area (Å²) < 4.78 is 11.5. The van der Waals surface area contributed by atoms with Crippen LogP contribution in [0.1, 0.15) is 18.9 Å². The van der Waals surface area contributed by atoms with Gasteiger partial charge in [-0.2, -0.15) is 0 Å². The van der Waals surface area contributed by atoms with Gasteiger partial charge in [0.25, 0.3) is 0 Å². The molecular weight excluding hydrogens is 310 g/mol. The molecule has 0 saturated carbocycles. The number of hydrogen-bond donors (Lipinski definition) is 0. The van der Waals surface area contributed by atoms with E-state index in [1.165, 1.54) is 0 Å². The van der Waals surface area contributed by atoms with Crippen molar-refractivity contribution in [3.8, 4) is 17.2 Å². The van der Waals surface area contributed by atoms with Crippen LogP contribution in [0.3, 0.4) is 0 Å². The van der Waals surface area contributed by atoms with Gasteiger partial charge in [0.2, 0.25) is 0 Å². The van der Waals surface area contributed by atoms with E-state index in [0.29, 0.717) is 6.61 Å². The van der Waals surface area contributed by atoms with Crippen molar-refractivity contribution < 1.29 is 9.47 Å². The molecule has 3 nitrogen and oxygen atoms in total. The molecule has 0 radical (unpaired) electrons. The zero-order valence-corrected chi connectivity index (χ0v) is 14.3. The second-order valence-corrected chi connectivity index (χ2v) is 5.55. The number of para-hydroxylation sites is 2. The number of ether oxygens (including phenoxy) is 2. The topological polar surface area (TPSA) is 30.8 Å². The summed E-state index contributed by atoms with van der Waals surface area (Å²) in [6.45, 7) is 2.80. The molecule has 0 aliphatic heterocycles. The normalized spacial score (nSPS) is 10.8. The molecule has 0 spiro atoms. The van der Waals surface area contributed by atoms with E-state index in [1.54, 1.807) is 0 Å². The van der Waals surface area contributed by atoms with Crippen molar-refractivity contribution in [3.63, 3.8) is 0 Å². The molecule has 0 atom stereocenters. The first-order chi connectivity index (χ1) is 12.3. The Bertz CT molecular complexity index is 811. The Balaban J connectivity index is 1.68. The van der Waals surface area contributed by atoms with Crippen LogP contribution in [-0.4, -0.2) is 12.8 Å². The van der Waals surface area contributed by atoms with E-state index in [9.17, 15) is 0 Å². The number of nitrogens with zero attached hydrogens (tertiary/aromatic N) is 1. The molecule has 0 aromatic heterocycles. The van der Waals surface area contributed by atoms with Crippen LogP contribution in [-0.2, 0) is 0 Å². The first kappa shape index (κ1) is 16.8. The Morgan fingerprint density at radius 3 is 2.24 bits per heavy atom. The minimum Gasteiger partial charge on any atom is -0.493 e. The molecule has 25 heavy (non-hydrogen) atoms. The summed E-state index contributed by atoms with van der Waals surface area (Å²) in [7, 11) is 0. The molecule has 3 heteroatoms. The second-order valence-electron chi connectivity index (χ2n) is 5.55. The maximum atomic E-state index is 5.79. The molecule has 126 valence electrons. The van der Waals surface area contributed by atoms with E-state index >= 15 is 0 Å². The SMILES string of the molecule is CCCOc1ccccc1C=Nc1ccc(Oc2ccccc2)cc1. The maximum Gasteiger partial charge on any atom is 0.128 e. The summed E-state index contributed by atoms with van der Waals surface area (Å²) in [6, 6.07) is 25.3. The first-order valence-electron chi connectivity index (χ1n) is 8.44. The Morgan fingerprint density at radius 1 is 0.800 bits per heavy atom. The minimum absolute atomic E-state index is 0.705. The summed E-state index contributed by atoms with van der Waals surface area (Å²) in [5.41, 5.74) is 1.84. The summed E-state index contributed by atoms with van der Waals surface area (Å²) in [5, 5.41) is 0. The molecular formula is C22H21NO2. The molecule has 0 amide bonds. The van der Waals surface area contributed by atoms with Crippen LogP contribution in [0.5, 0.6) is 17.2 Å². The van der Waals surface area contributed by atoms with E-state index in [0.717, 1.165) is 34.9 Å². The molecule has 3 aromatic carbocycles. The fraction of sp³-hybridized carbons (Fsp3) is 0.136. The molecule has 0 aliphatic carbocycles. The van der Waals surface area contributed by atoms with Crippen LogP contribution in [0.2, 0.25) is 0 Å². The fourth-order valence-corrected chi connectivity index (χ4v) is 2.30. The standard InChI is InChI=1S/C22H21NO2/c1-2-16-24-22-11-7-6-8-18(22)17-23-19-12-14-21(15-13-19)25-20-9-4-3-5-10-20/h3-15,17H,2,16H2,1H3. The zero-order chi connectivity index (χ0) is 17.3. The third kappa shape index (κ3) is 4.95. The van der Waals surface area contributed by atoms with Crippen LogP contribution >= 0.6 is 0 Å². The van der Waals surface area contributed by atoms with E-state index in [-0.39, 0.29) is 0 Å². The highest BCUT2D eigenvalue weighted by molar-refractivity contribution is 5.85. The summed E-state index contributed by atoms with van der Waals surface area (Å²) in [4.78, 5) is 4.53. The fourth-order valence-electron chi connectivity index (χ4n) is 2.30. The highest BCUT2D eigenvalue weighted by Crippen LogP contribution is 2.24. The van der Waals surface area contributed by atoms with Crippen LogP contribution in [0.25, 0.3) is 0 Å². The third-order valence-electron chi connectivity index (χ3n) is 3.55. The van der Waals surface area contributed by atoms with Crippen molar-refractivity contribution >= 4 is 11.9 Å². The van der Waals surface area contributed by atoms with Gasteiger partial charge < -0.3 is 9.47 Å². The van der Waals surface area contributed by atoms with Gasteiger partial charge in [-0.05, 0) is 55.0 Å². The van der Waals surface area contributed by atoms with Gasteiger partial charge in [0, 0.05) is 11.8 Å². The average molecular weight is 331 g/mol. The molecule has 3 rings (SSSR count). The molecule has 0 unspecified atom stereocenters. The van der Waals surface area contributed by atoms with Gasteiger partial charge in [0.15, 0.2) is 0 Å². The Morgan fingerprint density at radius 2 is 1.48 bits per heavy atom. The van der Waals surface area contributed by atoms with E-state index in [1.807, 2.05) is 85.1 Å². The molecule has 0 saturated heterocycles. The predicted octanol–water partition coefficient (Wildman–Crippen LogP) is 6.02. The molecule has 0 bridgehead atoms. The van der Waals surface area contributed by atoms with Gasteiger partial charge in [0.1, 0.15) is 17.2 Å². The van der Waals surface area contributed by atoms with E-state index < -0.39 is 0 Å². The lowest BCUT2D eigenvalue weighted by Crippen LogP contribution is -1.98. The lowest BCUT2D eigenvalue weighted by atomic mass is 10.2. The summed E-state index contributed by atoms with van der Waals surface area (Å²) >= 11 is 0. The Kier molecular flexibility index (Phi) is 5.83. The van der Waals surface area contributed by atoms with Crippen molar-refractivity contribution in [3.05, 3.63) is 84.4 Å². The number of hydrogen-bond acceptors (Lipinski definition) is 3. The smallest absolute Gasteiger partial charge is 0.128 e. The van der Waals surface area contributed by atoms with Crippen molar-refractivity contribution in [1.82, 2.24) is 0 Å². The zero-order valence-electron chi connectivity index (χ0n) is 14.3. The summed E-state index contributed by atoms with van der Waals surface area (Å²) in [6.07, 6.45) is 2.81. The van der Waals surface area contributed by atoms with E-state index in [4.69, 9.17) is 9.47 Å². The average Bonchev–Trinajstić information content (AvgIpc) is 2.67. The number of aliphatic imine (C=N–C) groups is 1. The molecule has 0 heterocycles. The second kappa shape index (κ2) is 8.69. The Labute approximate surface area is 148 Å². The van der Waals surface area contributed by atoms with Crippen LogP contribution in [0, 0.1) is 0 Å². The Hall–Kier alpha value is -3.07. The number of benzene rings is 3. The van der Waals surface area contributed by atoms with Crippen LogP contribution < -0.4 is 9.47 Å². The lowest BCUT2D eigenvalue weighted by Gasteiger charge is -2.07. The van der Waals surface area contributed by atoms with E-state index in [2.05, 4.69) is 11.9 Å². The third-order valence-corrected chi connectivity index (χ3v) is 3.55. The highest BCUT2D eigenvalue weighted by atomic mass is 16.5. The van der Waals surface area contributed by atoms with Crippen molar-refractivity contribution in [2.75, 3.05) is 6.61 Å². The van der Waals surface area contributed by atoms with Gasteiger partial charge in [0.05, 0.1) is 12.3 Å². The van der Waals surface area contributed by atoms with Gasteiger partial charge in [-0.3, -0.25) is 4.99 Å². The molecule has 0 N–H and O–H groups in total. The van der Waals surface area contributed by atoms with Crippen LogP contribution in [0.4, 0.5) is 5.69 Å². The monoisotopic (exact) mass is 331 g/mol. The highest BCUT2D eigenvalue weighted by Gasteiger charge is 2.00. The first-order valence-corrected chi connectivity index (χ1v) is 8.44. The molecule has 0 aliphatic rings. The minimum atomic E-state index is 0.705. The van der Waals surface area contributed by atoms with Gasteiger partial charge in [-0.1, -0.05) is 37.3 Å². The van der Waals surface area contributed by atoms with Crippen LogP contribution in [0.15, 0.2) is 83.9 Å². The van der Waals surface area contributed by atoms with Crippen molar-refractivity contribution in [1.29, 1.82) is 0 Å². The van der Waals surface area contributed by atoms with Gasteiger partial charge in [-0.15, -0.1) is 0 Å². The quantitative estimate of drug-likeness (QED) is 0.496. The number of rotatable bonds is 7.